The first-order valence-corrected chi connectivity index (χ1v) is 13.4. The fourth-order valence-corrected chi connectivity index (χ4v) is 5.85. The van der Waals surface area contributed by atoms with Crippen molar-refractivity contribution in [3.63, 3.8) is 0 Å². The predicted octanol–water partition coefficient (Wildman–Crippen LogP) is 4.48. The van der Waals surface area contributed by atoms with Gasteiger partial charge in [0.05, 0.1) is 40.8 Å². The lowest BCUT2D eigenvalue weighted by molar-refractivity contribution is -0.154. The van der Waals surface area contributed by atoms with E-state index >= 15 is 0 Å². The number of aliphatic hydroxyl groups excluding tert-OH is 2. The van der Waals surface area contributed by atoms with Gasteiger partial charge in [0.1, 0.15) is 11.9 Å². The maximum atomic E-state index is 13.2. The van der Waals surface area contributed by atoms with Gasteiger partial charge in [-0.1, -0.05) is 34.1 Å². The van der Waals surface area contributed by atoms with E-state index in [1.165, 1.54) is 0 Å². The van der Waals surface area contributed by atoms with Gasteiger partial charge in [0, 0.05) is 23.4 Å². The number of carbonyl (C=O) groups is 2. The van der Waals surface area contributed by atoms with Crippen LogP contribution in [0.2, 0.25) is 0 Å². The molecule has 1 aromatic heterocycles. The van der Waals surface area contributed by atoms with Crippen LogP contribution in [-0.2, 0) is 19.1 Å². The van der Waals surface area contributed by atoms with Gasteiger partial charge in [-0.2, -0.15) is 0 Å². The number of epoxide rings is 1. The Labute approximate surface area is 212 Å². The van der Waals surface area contributed by atoms with Gasteiger partial charge in [-0.15, -0.1) is 11.3 Å². The maximum absolute atomic E-state index is 13.2. The molecule has 0 saturated carbocycles. The zero-order valence-electron chi connectivity index (χ0n) is 22.0. The van der Waals surface area contributed by atoms with E-state index in [4.69, 9.17) is 9.47 Å². The molecule has 2 saturated heterocycles. The van der Waals surface area contributed by atoms with E-state index in [1.807, 2.05) is 26.8 Å². The van der Waals surface area contributed by atoms with Crippen LogP contribution in [0.1, 0.15) is 83.5 Å². The fourth-order valence-electron chi connectivity index (χ4n) is 5.06. The average molecular weight is 508 g/mol. The van der Waals surface area contributed by atoms with Gasteiger partial charge in [-0.05, 0) is 51.2 Å². The molecule has 0 radical (unpaired) electrons. The van der Waals surface area contributed by atoms with Crippen LogP contribution in [0.5, 0.6) is 0 Å². The van der Waals surface area contributed by atoms with E-state index in [2.05, 4.69) is 11.9 Å². The molecule has 8 heteroatoms. The topological polar surface area (TPSA) is 109 Å². The number of aryl methyl sites for hydroxylation is 1. The van der Waals surface area contributed by atoms with Gasteiger partial charge >= 0.3 is 5.97 Å². The highest BCUT2D eigenvalue weighted by Crippen LogP contribution is 2.45. The highest BCUT2D eigenvalue weighted by molar-refractivity contribution is 7.12. The summed E-state index contributed by atoms with van der Waals surface area (Å²) < 4.78 is 11.9. The summed E-state index contributed by atoms with van der Waals surface area (Å²) in [7, 11) is 0. The molecule has 1 aromatic rings. The van der Waals surface area contributed by atoms with Crippen molar-refractivity contribution in [2.24, 2.45) is 17.3 Å². The molecule has 3 unspecified atom stereocenters. The Morgan fingerprint density at radius 1 is 1.23 bits per heavy atom. The number of aliphatic hydroxyl groups is 2. The molecule has 35 heavy (non-hydrogen) atoms. The van der Waals surface area contributed by atoms with Crippen LogP contribution in [0, 0.1) is 24.2 Å². The quantitative estimate of drug-likeness (QED) is 0.449. The van der Waals surface area contributed by atoms with Crippen LogP contribution in [0.4, 0.5) is 0 Å². The van der Waals surface area contributed by atoms with Crippen molar-refractivity contribution in [3.05, 3.63) is 21.7 Å². The molecule has 7 atom stereocenters. The van der Waals surface area contributed by atoms with Gasteiger partial charge in [-0.25, -0.2) is 4.98 Å². The number of cyclic esters (lactones) is 1. The van der Waals surface area contributed by atoms with Crippen LogP contribution in [0.25, 0.3) is 6.08 Å². The lowest BCUT2D eigenvalue weighted by Gasteiger charge is -2.34. The molecule has 2 aliphatic heterocycles. The van der Waals surface area contributed by atoms with Crippen LogP contribution in [0.3, 0.4) is 0 Å². The van der Waals surface area contributed by atoms with Gasteiger partial charge in [0.25, 0.3) is 0 Å². The Balaban J connectivity index is 1.85. The van der Waals surface area contributed by atoms with Crippen molar-refractivity contribution < 1.29 is 29.3 Å². The highest BCUT2D eigenvalue weighted by atomic mass is 32.1. The van der Waals surface area contributed by atoms with Gasteiger partial charge in [0.2, 0.25) is 0 Å². The highest BCUT2D eigenvalue weighted by Gasteiger charge is 2.53. The first-order chi connectivity index (χ1) is 16.2. The zero-order chi connectivity index (χ0) is 26.1. The van der Waals surface area contributed by atoms with Gasteiger partial charge < -0.3 is 19.7 Å². The second-order valence-corrected chi connectivity index (χ2v) is 12.5. The standard InChI is InChI=1S/C27H41NO6S/c1-15-9-8-10-27(7)22(34-27)12-20(16(2)11-19-14-28-18(4)35-19)33-23(30)13-21(29)26(5,6)25(32)17(3)24(15)31/h11,14-15,17,20-22,24,29,31H,8-10,12-13H2,1-7H3/b16-11+/t15-,17+,20?,21-,22?,24?,27+/m0/s1. The molecule has 2 fully saturated rings. The number of carbonyl (C=O) groups excluding carboxylic acids is 2. The largest absolute Gasteiger partial charge is 0.458 e. The van der Waals surface area contributed by atoms with E-state index in [0.29, 0.717) is 6.42 Å². The lowest BCUT2D eigenvalue weighted by Crippen LogP contribution is -2.45. The molecule has 0 aromatic carbocycles. The van der Waals surface area contributed by atoms with Crippen LogP contribution in [-0.4, -0.2) is 57.0 Å². The number of thiazole rings is 1. The zero-order valence-corrected chi connectivity index (χ0v) is 22.9. The Bertz CT molecular complexity index is 955. The normalized spacial score (nSPS) is 37.5. The van der Waals surface area contributed by atoms with E-state index in [9.17, 15) is 19.8 Å². The van der Waals surface area contributed by atoms with Crippen LogP contribution in [0.15, 0.2) is 11.8 Å². The lowest BCUT2D eigenvalue weighted by atomic mass is 9.73. The van der Waals surface area contributed by atoms with Crippen molar-refractivity contribution in [3.8, 4) is 0 Å². The molecule has 3 rings (SSSR count). The molecule has 2 N–H and O–H groups in total. The summed E-state index contributed by atoms with van der Waals surface area (Å²) >= 11 is 1.57. The van der Waals surface area contributed by atoms with Crippen molar-refractivity contribution in [2.45, 2.75) is 111 Å². The summed E-state index contributed by atoms with van der Waals surface area (Å²) in [5.41, 5.74) is -0.609. The van der Waals surface area contributed by atoms with Crippen LogP contribution >= 0.6 is 11.3 Å². The number of nitrogens with zero attached hydrogens (tertiary/aromatic N) is 1. The average Bonchev–Trinajstić information content (AvgIpc) is 3.22. The Morgan fingerprint density at radius 3 is 2.54 bits per heavy atom. The number of esters is 1. The molecular formula is C27H41NO6S. The summed E-state index contributed by atoms with van der Waals surface area (Å²) in [4.78, 5) is 31.4. The second kappa shape index (κ2) is 10.8. The van der Waals surface area contributed by atoms with E-state index in [-0.39, 0.29) is 29.8 Å². The van der Waals surface area contributed by atoms with Gasteiger partial charge in [-0.3, -0.25) is 9.59 Å². The number of ketones is 1. The summed E-state index contributed by atoms with van der Waals surface area (Å²) in [5.74, 6) is -1.54. The number of ether oxygens (including phenoxy) is 2. The second-order valence-electron chi connectivity index (χ2n) is 11.3. The molecule has 0 spiro atoms. The van der Waals surface area contributed by atoms with Crippen LogP contribution < -0.4 is 0 Å². The summed E-state index contributed by atoms with van der Waals surface area (Å²) in [6.45, 7) is 12.9. The van der Waals surface area contributed by atoms with Gasteiger partial charge in [0.15, 0.2) is 0 Å². The molecular weight excluding hydrogens is 466 g/mol. The Kier molecular flexibility index (Phi) is 8.62. The monoisotopic (exact) mass is 507 g/mol. The van der Waals surface area contributed by atoms with Crippen molar-refractivity contribution in [1.82, 2.24) is 4.98 Å². The minimum atomic E-state index is -1.23. The summed E-state index contributed by atoms with van der Waals surface area (Å²) in [6.07, 6.45) is 3.88. The SMILES string of the molecule is C/C(=C\c1cnc(C)s1)C1CC2O[C@]2(C)CCC[C@H](C)C(O)[C@@H](C)C(=O)C(C)(C)[C@@H](O)CC(=O)O1. The van der Waals surface area contributed by atoms with E-state index in [0.717, 1.165) is 34.7 Å². The van der Waals surface area contributed by atoms with Crippen molar-refractivity contribution in [2.75, 3.05) is 0 Å². The van der Waals surface area contributed by atoms with Crippen molar-refractivity contribution >= 4 is 29.2 Å². The molecule has 3 heterocycles. The molecule has 0 aliphatic carbocycles. The third-order valence-corrected chi connectivity index (χ3v) is 8.78. The maximum Gasteiger partial charge on any atom is 0.309 e. The van der Waals surface area contributed by atoms with E-state index in [1.54, 1.807) is 38.3 Å². The van der Waals surface area contributed by atoms with E-state index < -0.39 is 35.6 Å². The molecule has 7 nitrogen and oxygen atoms in total. The number of aromatic nitrogens is 1. The number of fused-ring (bicyclic) bond motifs is 1. The first kappa shape index (κ1) is 28.0. The smallest absolute Gasteiger partial charge is 0.309 e. The first-order valence-electron chi connectivity index (χ1n) is 12.6. The molecule has 196 valence electrons. The summed E-state index contributed by atoms with van der Waals surface area (Å²) in [6, 6.07) is 0. The number of Topliss-reactive ketones (excluding diaryl/α,β-unsaturated/α-hetero) is 1. The Hall–Kier alpha value is -1.61. The van der Waals surface area contributed by atoms with Crippen molar-refractivity contribution in [1.29, 1.82) is 0 Å². The minimum Gasteiger partial charge on any atom is -0.458 e. The Morgan fingerprint density at radius 2 is 1.91 bits per heavy atom. The molecule has 2 aliphatic rings. The predicted molar refractivity (Wildman–Crippen MR) is 136 cm³/mol. The molecule has 0 bridgehead atoms. The fraction of sp³-hybridized carbons (Fsp3) is 0.741. The summed E-state index contributed by atoms with van der Waals surface area (Å²) in [5, 5.41) is 22.7. The third-order valence-electron chi connectivity index (χ3n) is 7.92. The number of rotatable bonds is 2. The third kappa shape index (κ3) is 6.59. The molecule has 0 amide bonds. The number of hydrogen-bond donors (Lipinski definition) is 2. The minimum absolute atomic E-state index is 0.0400. The number of hydrogen-bond acceptors (Lipinski definition) is 8.